The molecule has 8 heteroatoms. The van der Waals surface area contributed by atoms with Crippen LogP contribution in [0.5, 0.6) is 0 Å². The van der Waals surface area contributed by atoms with Gasteiger partial charge in [-0.15, -0.1) is 11.3 Å². The first-order valence-electron chi connectivity index (χ1n) is 8.64. The van der Waals surface area contributed by atoms with E-state index in [4.69, 9.17) is 0 Å². The number of aromatic nitrogens is 2. The van der Waals surface area contributed by atoms with E-state index < -0.39 is 4.92 Å². The number of carbonyl (C=O) groups excluding carboxylic acids is 1. The molecule has 0 aliphatic heterocycles. The van der Waals surface area contributed by atoms with Gasteiger partial charge in [-0.05, 0) is 25.0 Å². The second-order valence-electron chi connectivity index (χ2n) is 6.32. The molecule has 0 bridgehead atoms. The van der Waals surface area contributed by atoms with E-state index in [9.17, 15) is 19.7 Å². The lowest BCUT2D eigenvalue weighted by Gasteiger charge is -2.12. The van der Waals surface area contributed by atoms with Crippen LogP contribution in [0.3, 0.4) is 0 Å². The number of benzene rings is 1. The summed E-state index contributed by atoms with van der Waals surface area (Å²) in [4.78, 5) is 41.2. The number of aryl methyl sites for hydroxylation is 1. The van der Waals surface area contributed by atoms with Crippen molar-refractivity contribution in [1.29, 1.82) is 0 Å². The van der Waals surface area contributed by atoms with Crippen LogP contribution in [0.1, 0.15) is 36.5 Å². The molecule has 0 amide bonds. The van der Waals surface area contributed by atoms with Gasteiger partial charge in [0.05, 0.1) is 10.3 Å². The predicted octanol–water partition coefficient (Wildman–Crippen LogP) is 3.50. The Morgan fingerprint density at radius 3 is 2.59 bits per heavy atom. The second kappa shape index (κ2) is 7.79. The number of fused-ring (bicyclic) bond motifs is 1. The maximum Gasteiger partial charge on any atom is 0.269 e. The third kappa shape index (κ3) is 4.11. The normalized spacial score (nSPS) is 11.0. The SMILES string of the molecule is CCc1cc2c(=O)n(CCC(C)=O)c(Cc3ccc([N+](=O)[O-])cc3)nc2s1. The molecule has 140 valence electrons. The van der Waals surface area contributed by atoms with E-state index in [1.165, 1.54) is 30.4 Å². The highest BCUT2D eigenvalue weighted by Crippen LogP contribution is 2.23. The number of hydrogen-bond donors (Lipinski definition) is 0. The van der Waals surface area contributed by atoms with Crippen molar-refractivity contribution >= 4 is 33.0 Å². The smallest absolute Gasteiger partial charge is 0.269 e. The van der Waals surface area contributed by atoms with Gasteiger partial charge in [0.2, 0.25) is 0 Å². The molecule has 1 aromatic carbocycles. The van der Waals surface area contributed by atoms with Crippen LogP contribution in [0.2, 0.25) is 0 Å². The van der Waals surface area contributed by atoms with Crippen LogP contribution in [-0.4, -0.2) is 20.3 Å². The van der Waals surface area contributed by atoms with E-state index in [1.54, 1.807) is 16.7 Å². The Morgan fingerprint density at radius 2 is 2.00 bits per heavy atom. The monoisotopic (exact) mass is 385 g/mol. The molecule has 0 atom stereocenters. The minimum absolute atomic E-state index is 0.00264. The van der Waals surface area contributed by atoms with E-state index in [0.717, 1.165) is 16.9 Å². The molecule has 2 heterocycles. The zero-order valence-electron chi connectivity index (χ0n) is 15.1. The van der Waals surface area contributed by atoms with E-state index in [1.807, 2.05) is 13.0 Å². The Labute approximate surface area is 159 Å². The number of carbonyl (C=O) groups is 1. The Bertz CT molecular complexity index is 1070. The van der Waals surface area contributed by atoms with Crippen molar-refractivity contribution in [3.05, 3.63) is 67.1 Å². The predicted molar refractivity (Wildman–Crippen MR) is 104 cm³/mol. The summed E-state index contributed by atoms with van der Waals surface area (Å²) in [6.45, 7) is 3.79. The lowest BCUT2D eigenvalue weighted by Crippen LogP contribution is -2.26. The zero-order valence-corrected chi connectivity index (χ0v) is 15.9. The van der Waals surface area contributed by atoms with Crippen LogP contribution < -0.4 is 5.56 Å². The Hall–Kier alpha value is -2.87. The average molecular weight is 385 g/mol. The summed E-state index contributed by atoms with van der Waals surface area (Å²) in [5.41, 5.74) is 0.687. The summed E-state index contributed by atoms with van der Waals surface area (Å²) in [5.74, 6) is 0.565. The molecule has 0 unspecified atom stereocenters. The van der Waals surface area contributed by atoms with Gasteiger partial charge < -0.3 is 0 Å². The molecule has 0 fully saturated rings. The first-order valence-corrected chi connectivity index (χ1v) is 9.45. The van der Waals surface area contributed by atoms with Crippen molar-refractivity contribution in [2.45, 2.75) is 39.7 Å². The Kier molecular flexibility index (Phi) is 5.46. The van der Waals surface area contributed by atoms with Crippen molar-refractivity contribution in [3.63, 3.8) is 0 Å². The highest BCUT2D eigenvalue weighted by atomic mass is 32.1. The molecule has 3 aromatic rings. The fourth-order valence-corrected chi connectivity index (χ4v) is 3.81. The summed E-state index contributed by atoms with van der Waals surface area (Å²) >= 11 is 1.49. The standard InChI is InChI=1S/C19H19N3O4S/c1-3-15-11-16-18(27-15)20-17(21(19(16)24)9-8-12(2)23)10-13-4-6-14(7-5-13)22(25)26/h4-7,11H,3,8-10H2,1-2H3. The average Bonchev–Trinajstić information content (AvgIpc) is 3.05. The van der Waals surface area contributed by atoms with Gasteiger partial charge in [0.25, 0.3) is 11.2 Å². The summed E-state index contributed by atoms with van der Waals surface area (Å²) < 4.78 is 1.55. The number of non-ortho nitro benzene ring substituents is 1. The number of rotatable bonds is 7. The number of nitro benzene ring substituents is 1. The molecule has 0 radical (unpaired) electrons. The molecule has 0 spiro atoms. The minimum atomic E-state index is -0.450. The van der Waals surface area contributed by atoms with Gasteiger partial charge in [-0.25, -0.2) is 4.98 Å². The molecule has 0 N–H and O–H groups in total. The number of nitro groups is 1. The molecule has 2 aromatic heterocycles. The van der Waals surface area contributed by atoms with Crippen LogP contribution in [0.15, 0.2) is 35.1 Å². The number of Topliss-reactive ketones (excluding diaryl/α,β-unsaturated/α-hetero) is 1. The van der Waals surface area contributed by atoms with E-state index >= 15 is 0 Å². The summed E-state index contributed by atoms with van der Waals surface area (Å²) in [7, 11) is 0. The van der Waals surface area contributed by atoms with Gasteiger partial charge in [-0.3, -0.25) is 24.3 Å². The number of ketones is 1. The van der Waals surface area contributed by atoms with Gasteiger partial charge in [0, 0.05) is 36.4 Å². The van der Waals surface area contributed by atoms with E-state index in [0.29, 0.717) is 22.5 Å². The zero-order chi connectivity index (χ0) is 19.6. The van der Waals surface area contributed by atoms with Crippen LogP contribution in [-0.2, 0) is 24.2 Å². The van der Waals surface area contributed by atoms with Crippen molar-refractivity contribution in [3.8, 4) is 0 Å². The van der Waals surface area contributed by atoms with Crippen LogP contribution in [0.25, 0.3) is 10.2 Å². The molecular formula is C19H19N3O4S. The maximum absolute atomic E-state index is 13.0. The quantitative estimate of drug-likeness (QED) is 0.458. The highest BCUT2D eigenvalue weighted by molar-refractivity contribution is 7.18. The molecule has 7 nitrogen and oxygen atoms in total. The summed E-state index contributed by atoms with van der Waals surface area (Å²) in [5, 5.41) is 11.4. The first kappa shape index (κ1) is 18.9. The van der Waals surface area contributed by atoms with Crippen LogP contribution >= 0.6 is 11.3 Å². The van der Waals surface area contributed by atoms with E-state index in [2.05, 4.69) is 4.98 Å². The largest absolute Gasteiger partial charge is 0.300 e. The Morgan fingerprint density at radius 1 is 1.30 bits per heavy atom. The topological polar surface area (TPSA) is 95.1 Å². The van der Waals surface area contributed by atoms with Gasteiger partial charge >= 0.3 is 0 Å². The fraction of sp³-hybridized carbons (Fsp3) is 0.316. The highest BCUT2D eigenvalue weighted by Gasteiger charge is 2.15. The molecule has 3 rings (SSSR count). The van der Waals surface area contributed by atoms with Crippen molar-refractivity contribution in [2.75, 3.05) is 0 Å². The van der Waals surface area contributed by atoms with Gasteiger partial charge in [-0.1, -0.05) is 19.1 Å². The minimum Gasteiger partial charge on any atom is -0.300 e. The molecule has 0 aliphatic rings. The van der Waals surface area contributed by atoms with Gasteiger partial charge in [-0.2, -0.15) is 0 Å². The van der Waals surface area contributed by atoms with Crippen molar-refractivity contribution in [2.24, 2.45) is 0 Å². The first-order chi connectivity index (χ1) is 12.9. The molecule has 0 aliphatic carbocycles. The maximum atomic E-state index is 13.0. The molecular weight excluding hydrogens is 366 g/mol. The van der Waals surface area contributed by atoms with Crippen molar-refractivity contribution in [1.82, 2.24) is 9.55 Å². The van der Waals surface area contributed by atoms with Gasteiger partial charge in [0.15, 0.2) is 0 Å². The second-order valence-corrected chi connectivity index (χ2v) is 7.44. The third-order valence-electron chi connectivity index (χ3n) is 4.33. The molecule has 27 heavy (non-hydrogen) atoms. The number of hydrogen-bond acceptors (Lipinski definition) is 6. The molecule has 0 saturated heterocycles. The summed E-state index contributed by atoms with van der Waals surface area (Å²) in [6.07, 6.45) is 1.44. The molecule has 0 saturated carbocycles. The summed E-state index contributed by atoms with van der Waals surface area (Å²) in [6, 6.07) is 8.07. The van der Waals surface area contributed by atoms with Gasteiger partial charge in [0.1, 0.15) is 16.4 Å². The lowest BCUT2D eigenvalue weighted by atomic mass is 10.1. The van der Waals surface area contributed by atoms with Crippen molar-refractivity contribution < 1.29 is 9.72 Å². The lowest BCUT2D eigenvalue weighted by molar-refractivity contribution is -0.384. The number of thiophene rings is 1. The van der Waals surface area contributed by atoms with Crippen LogP contribution in [0.4, 0.5) is 5.69 Å². The Balaban J connectivity index is 2.05. The fourth-order valence-electron chi connectivity index (χ4n) is 2.83. The van der Waals surface area contributed by atoms with E-state index in [-0.39, 0.29) is 30.0 Å². The third-order valence-corrected chi connectivity index (χ3v) is 5.50. The number of nitrogens with zero attached hydrogens (tertiary/aromatic N) is 3. The van der Waals surface area contributed by atoms with Crippen LogP contribution in [0, 0.1) is 10.1 Å².